The lowest BCUT2D eigenvalue weighted by Gasteiger charge is -1.70. The molecule has 0 aromatic carbocycles. The Balaban J connectivity index is 2.79. The highest BCUT2D eigenvalue weighted by atomic mass is 19.3. The molecule has 0 aliphatic heterocycles. The van der Waals surface area contributed by atoms with Crippen LogP contribution in [0.3, 0.4) is 0 Å². The van der Waals surface area contributed by atoms with Crippen LogP contribution in [0.2, 0.25) is 0 Å². The van der Waals surface area contributed by atoms with Crippen LogP contribution in [0.4, 0.5) is 4.53 Å². The van der Waals surface area contributed by atoms with Gasteiger partial charge < -0.3 is 0 Å². The lowest BCUT2D eigenvalue weighted by atomic mass is 10.6. The maximum Gasteiger partial charge on any atom is 0.148 e. The van der Waals surface area contributed by atoms with Gasteiger partial charge in [-0.3, -0.25) is 0 Å². The molecule has 0 aliphatic rings. The summed E-state index contributed by atoms with van der Waals surface area (Å²) in [4.78, 5) is 3.11. The first-order chi connectivity index (χ1) is 2.91. The third-order valence-corrected chi connectivity index (χ3v) is 0.303. The third kappa shape index (κ3) is 3.45. The van der Waals surface area contributed by atoms with E-state index in [9.17, 15) is 4.53 Å². The van der Waals surface area contributed by atoms with Gasteiger partial charge in [-0.25, -0.2) is 0 Å². The molecular formula is C4H5FO. The van der Waals surface area contributed by atoms with Crippen molar-refractivity contribution in [2.24, 2.45) is 0 Å². The molecule has 0 saturated carbocycles. The van der Waals surface area contributed by atoms with Crippen LogP contribution in [0.25, 0.3) is 0 Å². The standard InChI is InChI=1S/C4H5FO/c1-2-3-4-6-5/h4H2,1H3. The van der Waals surface area contributed by atoms with E-state index in [2.05, 4.69) is 16.8 Å². The van der Waals surface area contributed by atoms with E-state index in [4.69, 9.17) is 0 Å². The van der Waals surface area contributed by atoms with E-state index < -0.39 is 0 Å². The van der Waals surface area contributed by atoms with Gasteiger partial charge in [0.1, 0.15) is 6.61 Å². The van der Waals surface area contributed by atoms with E-state index in [1.807, 2.05) is 0 Å². The summed E-state index contributed by atoms with van der Waals surface area (Å²) in [6.45, 7) is 1.51. The lowest BCUT2D eigenvalue weighted by molar-refractivity contribution is -0.115. The molecule has 0 unspecified atom stereocenters. The average molecular weight is 88.1 g/mol. The molecule has 0 radical (unpaired) electrons. The fraction of sp³-hybridized carbons (Fsp3) is 0.500. The minimum Gasteiger partial charge on any atom is -0.181 e. The van der Waals surface area contributed by atoms with Crippen molar-refractivity contribution in [3.63, 3.8) is 0 Å². The van der Waals surface area contributed by atoms with Crippen molar-refractivity contribution in [3.05, 3.63) is 0 Å². The monoisotopic (exact) mass is 88.0 g/mol. The molecule has 0 aromatic rings. The lowest BCUT2D eigenvalue weighted by Crippen LogP contribution is -1.73. The van der Waals surface area contributed by atoms with Gasteiger partial charge in [-0.15, -0.1) is 5.92 Å². The molecule has 1 nitrogen and oxygen atoms in total. The first kappa shape index (κ1) is 5.45. The molecule has 0 rings (SSSR count). The van der Waals surface area contributed by atoms with Crippen LogP contribution in [-0.2, 0) is 4.94 Å². The average Bonchev–Trinajstić information content (AvgIpc) is 1.61. The van der Waals surface area contributed by atoms with E-state index in [1.165, 1.54) is 0 Å². The first-order valence-electron chi connectivity index (χ1n) is 1.55. The predicted octanol–water partition coefficient (Wildman–Crippen LogP) is 0.911. The minimum atomic E-state index is -0.115. The van der Waals surface area contributed by atoms with Crippen molar-refractivity contribution in [3.8, 4) is 11.8 Å². The molecule has 0 aliphatic carbocycles. The smallest absolute Gasteiger partial charge is 0.148 e. The van der Waals surface area contributed by atoms with Gasteiger partial charge in [-0.05, 0) is 11.4 Å². The van der Waals surface area contributed by atoms with E-state index in [1.54, 1.807) is 6.92 Å². The number of hydrogen-bond acceptors (Lipinski definition) is 1. The molecule has 0 aromatic heterocycles. The Hall–Kier alpha value is -0.550. The molecule has 34 valence electrons. The van der Waals surface area contributed by atoms with E-state index in [-0.39, 0.29) is 6.61 Å². The van der Waals surface area contributed by atoms with Crippen LogP contribution >= 0.6 is 0 Å². The molecule has 0 heterocycles. The molecule has 2 heteroatoms. The van der Waals surface area contributed by atoms with Gasteiger partial charge in [0.2, 0.25) is 0 Å². The Labute approximate surface area is 36.0 Å². The SMILES string of the molecule is CC#CCOF. The molecule has 0 amide bonds. The van der Waals surface area contributed by atoms with E-state index in [0.717, 1.165) is 0 Å². The highest BCUT2D eigenvalue weighted by Gasteiger charge is 1.65. The molecule has 0 spiro atoms. The van der Waals surface area contributed by atoms with Gasteiger partial charge in [0.15, 0.2) is 0 Å². The summed E-state index contributed by atoms with van der Waals surface area (Å²) in [6.07, 6.45) is 0. The second-order valence-electron chi connectivity index (χ2n) is 0.680. The fourth-order valence-corrected chi connectivity index (χ4v) is 0.0994. The van der Waals surface area contributed by atoms with Crippen LogP contribution < -0.4 is 0 Å². The topological polar surface area (TPSA) is 9.23 Å². The highest BCUT2D eigenvalue weighted by Crippen LogP contribution is 1.66. The van der Waals surface area contributed by atoms with Crippen LogP contribution in [0.15, 0.2) is 0 Å². The van der Waals surface area contributed by atoms with Gasteiger partial charge in [-0.1, -0.05) is 5.92 Å². The molecule has 0 fully saturated rings. The predicted molar refractivity (Wildman–Crippen MR) is 20.5 cm³/mol. The zero-order chi connectivity index (χ0) is 4.83. The van der Waals surface area contributed by atoms with Gasteiger partial charge in [-0.2, -0.15) is 4.94 Å². The summed E-state index contributed by atoms with van der Waals surface area (Å²) < 4.78 is 10.6. The summed E-state index contributed by atoms with van der Waals surface area (Å²) >= 11 is 0. The van der Waals surface area contributed by atoms with Gasteiger partial charge in [0, 0.05) is 0 Å². The Morgan fingerprint density at radius 1 is 1.83 bits per heavy atom. The van der Waals surface area contributed by atoms with Crippen LogP contribution in [0.1, 0.15) is 6.92 Å². The van der Waals surface area contributed by atoms with Crippen molar-refractivity contribution in [2.45, 2.75) is 6.92 Å². The Morgan fingerprint density at radius 3 is 2.67 bits per heavy atom. The molecule has 6 heavy (non-hydrogen) atoms. The van der Waals surface area contributed by atoms with Crippen molar-refractivity contribution in [2.75, 3.05) is 6.61 Å². The van der Waals surface area contributed by atoms with E-state index >= 15 is 0 Å². The van der Waals surface area contributed by atoms with Gasteiger partial charge >= 0.3 is 0 Å². The largest absolute Gasteiger partial charge is 0.181 e. The van der Waals surface area contributed by atoms with Crippen molar-refractivity contribution in [1.29, 1.82) is 0 Å². The van der Waals surface area contributed by atoms with Crippen molar-refractivity contribution in [1.82, 2.24) is 0 Å². The second-order valence-corrected chi connectivity index (χ2v) is 0.680. The highest BCUT2D eigenvalue weighted by molar-refractivity contribution is 4.94. The maximum absolute atomic E-state index is 10.6. The summed E-state index contributed by atoms with van der Waals surface area (Å²) in [5.74, 6) is 4.80. The minimum absolute atomic E-state index is 0.115. The quantitative estimate of drug-likeness (QED) is 0.433. The van der Waals surface area contributed by atoms with E-state index in [0.29, 0.717) is 0 Å². The summed E-state index contributed by atoms with van der Waals surface area (Å²) in [5.41, 5.74) is 0. The number of hydrogen-bond donors (Lipinski definition) is 0. The van der Waals surface area contributed by atoms with Crippen LogP contribution in [0, 0.1) is 11.8 Å². The van der Waals surface area contributed by atoms with Crippen molar-refractivity contribution >= 4 is 0 Å². The Morgan fingerprint density at radius 2 is 2.50 bits per heavy atom. The molecule has 0 atom stereocenters. The van der Waals surface area contributed by atoms with Crippen LogP contribution in [-0.4, -0.2) is 6.61 Å². The Kier molecular flexibility index (Phi) is 4.04. The Bertz CT molecular complexity index is 69.4. The zero-order valence-corrected chi connectivity index (χ0v) is 3.49. The van der Waals surface area contributed by atoms with Gasteiger partial charge in [0.25, 0.3) is 0 Å². The molecule has 0 N–H and O–H groups in total. The summed E-state index contributed by atoms with van der Waals surface area (Å²) in [7, 11) is 0. The fourth-order valence-electron chi connectivity index (χ4n) is 0.0994. The first-order valence-corrected chi connectivity index (χ1v) is 1.55. The zero-order valence-electron chi connectivity index (χ0n) is 3.49. The van der Waals surface area contributed by atoms with Crippen LogP contribution in [0.5, 0.6) is 0 Å². The summed E-state index contributed by atoms with van der Waals surface area (Å²) in [6, 6.07) is 0. The molecule has 0 saturated heterocycles. The number of halogens is 1. The third-order valence-electron chi connectivity index (χ3n) is 0.303. The second kappa shape index (κ2) is 4.45. The van der Waals surface area contributed by atoms with Gasteiger partial charge in [0.05, 0.1) is 0 Å². The van der Waals surface area contributed by atoms with Crippen molar-refractivity contribution < 1.29 is 9.47 Å². The molecular weight excluding hydrogens is 83.0 g/mol. The number of rotatable bonds is 1. The normalized spacial score (nSPS) is 6.33. The summed E-state index contributed by atoms with van der Waals surface area (Å²) in [5, 5.41) is 0. The maximum atomic E-state index is 10.6. The molecule has 0 bridgehead atoms.